The Labute approximate surface area is 294 Å². The van der Waals surface area contributed by atoms with Crippen molar-refractivity contribution in [3.8, 4) is 22.3 Å². The molecule has 3 heteroatoms. The maximum atomic E-state index is 4.40. The van der Waals surface area contributed by atoms with Crippen LogP contribution in [0.4, 0.5) is 17.1 Å². The van der Waals surface area contributed by atoms with Crippen molar-refractivity contribution in [2.24, 2.45) is 0 Å². The topological polar surface area (TPSA) is 16.1 Å². The molecule has 2 aromatic heterocycles. The van der Waals surface area contributed by atoms with Crippen LogP contribution in [0.1, 0.15) is 0 Å². The van der Waals surface area contributed by atoms with Crippen LogP contribution in [0.2, 0.25) is 0 Å². The Hall–Kier alpha value is -6.29. The molecule has 0 radical (unpaired) electrons. The molecule has 0 fully saturated rings. The number of nitrogens with zero attached hydrogens (tertiary/aromatic N) is 2. The van der Waals surface area contributed by atoms with Crippen LogP contribution in [0.5, 0.6) is 0 Å². The third kappa shape index (κ3) is 4.74. The normalized spacial score (nSPS) is 11.6. The Morgan fingerprint density at radius 2 is 1.04 bits per heavy atom. The smallest absolute Gasteiger partial charge is 0.0476 e. The minimum atomic E-state index is 1.11. The van der Waals surface area contributed by atoms with Gasteiger partial charge in [-0.1, -0.05) is 121 Å². The maximum absolute atomic E-state index is 4.40. The van der Waals surface area contributed by atoms with E-state index in [9.17, 15) is 0 Å². The van der Waals surface area contributed by atoms with E-state index in [-0.39, 0.29) is 0 Å². The lowest BCUT2D eigenvalue weighted by atomic mass is 9.91. The molecule has 0 bridgehead atoms. The van der Waals surface area contributed by atoms with Gasteiger partial charge in [-0.15, -0.1) is 11.3 Å². The summed E-state index contributed by atoms with van der Waals surface area (Å²) in [5.41, 5.74) is 8.21. The summed E-state index contributed by atoms with van der Waals surface area (Å²) in [6, 6.07) is 61.9. The Balaban J connectivity index is 1.11. The molecule has 0 amide bonds. The predicted octanol–water partition coefficient (Wildman–Crippen LogP) is 13.7. The van der Waals surface area contributed by atoms with Crippen molar-refractivity contribution in [3.05, 3.63) is 182 Å². The molecule has 0 saturated carbocycles. The van der Waals surface area contributed by atoms with Crippen molar-refractivity contribution in [1.82, 2.24) is 4.98 Å². The van der Waals surface area contributed by atoms with E-state index in [1.807, 2.05) is 23.7 Å². The number of thiophene rings is 1. The first-order valence-corrected chi connectivity index (χ1v) is 17.8. The summed E-state index contributed by atoms with van der Waals surface area (Å²) >= 11 is 1.82. The van der Waals surface area contributed by atoms with Gasteiger partial charge in [0.25, 0.3) is 0 Å². The third-order valence-corrected chi connectivity index (χ3v) is 11.1. The van der Waals surface area contributed by atoms with Crippen molar-refractivity contribution in [2.45, 2.75) is 0 Å². The lowest BCUT2D eigenvalue weighted by Crippen LogP contribution is -2.09. The molecule has 0 aliphatic carbocycles. The van der Waals surface area contributed by atoms with Crippen molar-refractivity contribution in [1.29, 1.82) is 0 Å². The molecule has 234 valence electrons. The molecule has 10 rings (SSSR count). The molecule has 10 aromatic rings. The lowest BCUT2D eigenvalue weighted by molar-refractivity contribution is 1.29. The summed E-state index contributed by atoms with van der Waals surface area (Å²) in [4.78, 5) is 6.77. The van der Waals surface area contributed by atoms with Crippen LogP contribution in [-0.2, 0) is 0 Å². The summed E-state index contributed by atoms with van der Waals surface area (Å²) in [6.45, 7) is 0. The molecule has 0 aliphatic rings. The average Bonchev–Trinajstić information content (AvgIpc) is 3.56. The predicted molar refractivity (Wildman–Crippen MR) is 215 cm³/mol. The number of anilines is 3. The van der Waals surface area contributed by atoms with Crippen LogP contribution in [0.3, 0.4) is 0 Å². The second-order valence-electron chi connectivity index (χ2n) is 12.8. The molecule has 0 saturated heterocycles. The van der Waals surface area contributed by atoms with Gasteiger partial charge in [0.05, 0.1) is 0 Å². The fourth-order valence-corrected chi connectivity index (χ4v) is 8.64. The monoisotopic (exact) mass is 654 g/mol. The highest BCUT2D eigenvalue weighted by Crippen LogP contribution is 2.43. The molecule has 0 unspecified atom stereocenters. The van der Waals surface area contributed by atoms with E-state index in [0.29, 0.717) is 0 Å². The Morgan fingerprint density at radius 3 is 1.84 bits per heavy atom. The van der Waals surface area contributed by atoms with E-state index in [1.165, 1.54) is 74.7 Å². The van der Waals surface area contributed by atoms with Gasteiger partial charge < -0.3 is 4.90 Å². The Morgan fingerprint density at radius 1 is 0.400 bits per heavy atom. The fraction of sp³-hybridized carbons (Fsp3) is 0. The van der Waals surface area contributed by atoms with Gasteiger partial charge in [0.1, 0.15) is 0 Å². The van der Waals surface area contributed by atoms with Gasteiger partial charge in [-0.2, -0.15) is 0 Å². The van der Waals surface area contributed by atoms with Gasteiger partial charge >= 0.3 is 0 Å². The number of benzene rings is 8. The minimum absolute atomic E-state index is 1.11. The number of hydrogen-bond acceptors (Lipinski definition) is 3. The molecule has 0 aliphatic heterocycles. The van der Waals surface area contributed by atoms with Crippen LogP contribution < -0.4 is 4.90 Å². The summed E-state index contributed by atoms with van der Waals surface area (Å²) < 4.78 is 2.51. The standard InChI is InChI=1S/C47H30N2S/c1-2-8-31(9-3-1)32-16-20-36(21-17-32)49(38-24-25-41-44-30-48-27-26-45(44)50-46(41)29-38)37-22-18-34(19-23-37)43-28-35-15-14-33-10-4-5-11-39(33)47(35)42-13-7-6-12-40(42)43/h1-30H. The van der Waals surface area contributed by atoms with Crippen LogP contribution in [-0.4, -0.2) is 4.98 Å². The zero-order valence-corrected chi connectivity index (χ0v) is 27.9. The SMILES string of the molecule is c1ccc(-c2ccc(N(c3ccc(-c4cc5ccc6ccccc6c5c5ccccc45)cc3)c3ccc4c(c3)sc3ccncc34)cc2)cc1. The molecule has 8 aromatic carbocycles. The summed E-state index contributed by atoms with van der Waals surface area (Å²) in [5.74, 6) is 0. The number of aromatic nitrogens is 1. The largest absolute Gasteiger partial charge is 0.310 e. The number of rotatable bonds is 5. The molecular formula is C47H30N2S. The van der Waals surface area contributed by atoms with E-state index in [2.05, 4.69) is 180 Å². The highest BCUT2D eigenvalue weighted by molar-refractivity contribution is 7.25. The maximum Gasteiger partial charge on any atom is 0.0476 e. The highest BCUT2D eigenvalue weighted by Gasteiger charge is 2.17. The molecule has 0 atom stereocenters. The first kappa shape index (κ1) is 28.7. The van der Waals surface area contributed by atoms with Gasteiger partial charge in [-0.05, 0) is 103 Å². The molecule has 0 spiro atoms. The van der Waals surface area contributed by atoms with Gasteiger partial charge in [0, 0.05) is 49.6 Å². The van der Waals surface area contributed by atoms with E-state index in [0.717, 1.165) is 17.1 Å². The van der Waals surface area contributed by atoms with Crippen LogP contribution in [0, 0.1) is 0 Å². The van der Waals surface area contributed by atoms with Crippen molar-refractivity contribution >= 4 is 80.9 Å². The Bertz CT molecular complexity index is 2850. The van der Waals surface area contributed by atoms with E-state index in [1.54, 1.807) is 0 Å². The van der Waals surface area contributed by atoms with Gasteiger partial charge in [0.2, 0.25) is 0 Å². The first-order chi connectivity index (χ1) is 24.8. The zero-order valence-electron chi connectivity index (χ0n) is 27.1. The summed E-state index contributed by atoms with van der Waals surface area (Å²) in [6.07, 6.45) is 3.85. The van der Waals surface area contributed by atoms with Crippen molar-refractivity contribution in [3.63, 3.8) is 0 Å². The lowest BCUT2D eigenvalue weighted by Gasteiger charge is -2.26. The quantitative estimate of drug-likeness (QED) is 0.172. The second-order valence-corrected chi connectivity index (χ2v) is 13.9. The van der Waals surface area contributed by atoms with Gasteiger partial charge in [-0.3, -0.25) is 4.98 Å². The van der Waals surface area contributed by atoms with Gasteiger partial charge in [0.15, 0.2) is 0 Å². The molecule has 50 heavy (non-hydrogen) atoms. The number of fused-ring (bicyclic) bond motifs is 8. The van der Waals surface area contributed by atoms with Crippen LogP contribution in [0.25, 0.3) is 74.7 Å². The fourth-order valence-electron chi connectivity index (χ4n) is 7.54. The average molecular weight is 655 g/mol. The number of pyridine rings is 1. The number of hydrogen-bond donors (Lipinski definition) is 0. The van der Waals surface area contributed by atoms with Crippen molar-refractivity contribution < 1.29 is 0 Å². The van der Waals surface area contributed by atoms with E-state index in [4.69, 9.17) is 0 Å². The zero-order chi connectivity index (χ0) is 33.0. The van der Waals surface area contributed by atoms with E-state index >= 15 is 0 Å². The highest BCUT2D eigenvalue weighted by atomic mass is 32.1. The second kappa shape index (κ2) is 11.7. The third-order valence-electron chi connectivity index (χ3n) is 9.93. The summed E-state index contributed by atoms with van der Waals surface area (Å²) in [5, 5.41) is 10.1. The minimum Gasteiger partial charge on any atom is -0.310 e. The van der Waals surface area contributed by atoms with Crippen molar-refractivity contribution in [2.75, 3.05) is 4.90 Å². The molecular weight excluding hydrogens is 625 g/mol. The van der Waals surface area contributed by atoms with Gasteiger partial charge in [-0.25, -0.2) is 0 Å². The molecule has 2 nitrogen and oxygen atoms in total. The molecule has 2 heterocycles. The summed E-state index contributed by atoms with van der Waals surface area (Å²) in [7, 11) is 0. The van der Waals surface area contributed by atoms with Crippen LogP contribution >= 0.6 is 11.3 Å². The first-order valence-electron chi connectivity index (χ1n) is 16.9. The van der Waals surface area contributed by atoms with Crippen LogP contribution in [0.15, 0.2) is 182 Å². The van der Waals surface area contributed by atoms with E-state index < -0.39 is 0 Å². The Kier molecular flexibility index (Phi) is 6.71. The molecule has 0 N–H and O–H groups in total.